The van der Waals surface area contributed by atoms with Crippen molar-refractivity contribution >= 4 is 74.9 Å². The second kappa shape index (κ2) is 18.9. The van der Waals surface area contributed by atoms with Crippen LogP contribution in [0.3, 0.4) is 0 Å². The lowest BCUT2D eigenvalue weighted by Crippen LogP contribution is -2.46. The lowest BCUT2D eigenvalue weighted by Gasteiger charge is -2.35. The molecule has 8 rings (SSSR count). The van der Waals surface area contributed by atoms with Crippen LogP contribution in [0.4, 0.5) is 57.3 Å². The van der Waals surface area contributed by atoms with Gasteiger partial charge in [-0.15, -0.1) is 11.8 Å². The number of rotatable bonds is 11. The maximum Gasteiger partial charge on any atom is 0.223 e. The number of hydrogen-bond acceptors (Lipinski definition) is 11. The quantitative estimate of drug-likeness (QED) is 0.0936. The van der Waals surface area contributed by atoms with Crippen LogP contribution in [0, 0.1) is 0 Å². The van der Waals surface area contributed by atoms with E-state index < -0.39 is 0 Å². The van der Waals surface area contributed by atoms with E-state index in [1.165, 1.54) is 16.1 Å². The van der Waals surface area contributed by atoms with E-state index in [0.717, 1.165) is 103 Å². The van der Waals surface area contributed by atoms with Gasteiger partial charge in [0.15, 0.2) is 0 Å². The first kappa shape index (κ1) is 42.1. The molecule has 0 bridgehead atoms. The van der Waals surface area contributed by atoms with Crippen molar-refractivity contribution in [2.24, 2.45) is 7.05 Å². The van der Waals surface area contributed by atoms with E-state index in [4.69, 9.17) is 0 Å². The maximum atomic E-state index is 11.7. The van der Waals surface area contributed by atoms with Crippen LogP contribution in [-0.4, -0.2) is 76.1 Å². The van der Waals surface area contributed by atoms with Crippen LogP contribution in [0.15, 0.2) is 114 Å². The third-order valence-corrected chi connectivity index (χ3v) is 11.5. The minimum atomic E-state index is -0.00577. The summed E-state index contributed by atoms with van der Waals surface area (Å²) in [4.78, 5) is 28.7. The van der Waals surface area contributed by atoms with E-state index in [2.05, 4.69) is 141 Å². The summed E-state index contributed by atoms with van der Waals surface area (Å²) in [6.07, 6.45) is 6.56. The molecule has 13 heteroatoms. The standard InChI is InChI=1S/C24H29N5S.C23H28N6O/c1-3-28-13-15-29(16-14-28)22-9-7-19(8-10-22)27-24-18-21(11-12-25-24)26-20-5-4-6-23(17-20)30-2;1-15(30)29-11-9-16-12-17(6-7-19(16)29)25-21-13-18(8-10-24-21)26-22-14-20(23(2,3)4)27-28(22)5/h4-12,17-18H,3,13-16H2,1-2H3,(H2,25,26,27);6-8,10,12-14H,9,11H2,1-5H3,(H2,24,25,26). The number of nitrogens with one attached hydrogen (secondary N) is 4. The van der Waals surface area contributed by atoms with Gasteiger partial charge in [-0.25, -0.2) is 9.97 Å². The monoisotopic (exact) mass is 823 g/mol. The van der Waals surface area contributed by atoms with Crippen molar-refractivity contribution in [2.45, 2.75) is 51.3 Å². The number of likely N-dealkylation sites (N-methyl/N-ethyl adjacent to an activating group) is 1. The lowest BCUT2D eigenvalue weighted by molar-refractivity contribution is -0.116. The molecule has 12 nitrogen and oxygen atoms in total. The molecule has 0 saturated carbocycles. The molecule has 0 atom stereocenters. The summed E-state index contributed by atoms with van der Waals surface area (Å²) < 4.78 is 1.86. The van der Waals surface area contributed by atoms with Gasteiger partial charge in [-0.1, -0.05) is 33.8 Å². The van der Waals surface area contributed by atoms with E-state index in [9.17, 15) is 4.79 Å². The van der Waals surface area contributed by atoms with Crippen LogP contribution in [0.25, 0.3) is 0 Å². The smallest absolute Gasteiger partial charge is 0.223 e. The molecule has 312 valence electrons. The number of carbonyl (C=O) groups excluding carboxylic acids is 1. The Morgan fingerprint density at radius 3 is 1.98 bits per heavy atom. The molecule has 0 spiro atoms. The van der Waals surface area contributed by atoms with E-state index >= 15 is 0 Å². The second-order valence-corrected chi connectivity index (χ2v) is 17.0. The van der Waals surface area contributed by atoms with Gasteiger partial charge in [0.05, 0.1) is 5.69 Å². The van der Waals surface area contributed by atoms with Crippen molar-refractivity contribution < 1.29 is 4.79 Å². The predicted molar refractivity (Wildman–Crippen MR) is 251 cm³/mol. The van der Waals surface area contributed by atoms with Gasteiger partial charge < -0.3 is 36.0 Å². The fourth-order valence-corrected chi connectivity index (χ4v) is 7.76. The van der Waals surface area contributed by atoms with Crippen LogP contribution in [-0.2, 0) is 23.7 Å². The van der Waals surface area contributed by atoms with Crippen LogP contribution in [0.2, 0.25) is 0 Å². The maximum absolute atomic E-state index is 11.7. The number of fused-ring (bicyclic) bond motifs is 1. The topological polar surface area (TPSA) is 119 Å². The van der Waals surface area contributed by atoms with Gasteiger partial charge in [-0.3, -0.25) is 9.48 Å². The summed E-state index contributed by atoms with van der Waals surface area (Å²) in [5, 5.41) is 18.3. The Bertz CT molecular complexity index is 2380. The van der Waals surface area contributed by atoms with E-state index in [1.807, 2.05) is 59.2 Å². The second-order valence-electron chi connectivity index (χ2n) is 16.1. The fraction of sp³-hybridized carbons (Fsp3) is 0.319. The average Bonchev–Trinajstić information content (AvgIpc) is 3.85. The van der Waals surface area contributed by atoms with Gasteiger partial charge in [0.1, 0.15) is 17.5 Å². The van der Waals surface area contributed by atoms with Crippen molar-refractivity contribution in [2.75, 3.05) is 76.6 Å². The highest BCUT2D eigenvalue weighted by Crippen LogP contribution is 2.32. The molecule has 2 aliphatic rings. The van der Waals surface area contributed by atoms with Gasteiger partial charge in [0, 0.05) is 127 Å². The summed E-state index contributed by atoms with van der Waals surface area (Å²) in [6.45, 7) is 16.6. The van der Waals surface area contributed by atoms with Crippen molar-refractivity contribution in [3.63, 3.8) is 0 Å². The number of aryl methyl sites for hydroxylation is 1. The Morgan fingerprint density at radius 1 is 0.717 bits per heavy atom. The molecule has 1 saturated heterocycles. The predicted octanol–water partition coefficient (Wildman–Crippen LogP) is 9.94. The Labute approximate surface area is 358 Å². The van der Waals surface area contributed by atoms with E-state index in [-0.39, 0.29) is 11.3 Å². The molecule has 6 aromatic rings. The SMILES string of the molecule is CC(=O)N1CCc2cc(Nc3cc(Nc4cc(C(C)(C)C)nn4C)ccn3)ccc21.CCN1CCN(c2ccc(Nc3cc(Nc4cccc(SC)c4)ccn3)cc2)CC1. The minimum Gasteiger partial charge on any atom is -0.369 e. The first-order valence-electron chi connectivity index (χ1n) is 20.6. The first-order chi connectivity index (χ1) is 28.9. The van der Waals surface area contributed by atoms with Gasteiger partial charge in [0.2, 0.25) is 5.91 Å². The van der Waals surface area contributed by atoms with Crippen molar-refractivity contribution in [3.05, 3.63) is 121 Å². The molecule has 5 heterocycles. The van der Waals surface area contributed by atoms with Gasteiger partial charge in [-0.05, 0) is 97.6 Å². The summed E-state index contributed by atoms with van der Waals surface area (Å²) in [5.74, 6) is 2.59. The molecule has 0 unspecified atom stereocenters. The Morgan fingerprint density at radius 2 is 1.35 bits per heavy atom. The molecule has 3 aromatic heterocycles. The van der Waals surface area contributed by atoms with Gasteiger partial charge >= 0.3 is 0 Å². The van der Waals surface area contributed by atoms with E-state index in [1.54, 1.807) is 24.9 Å². The molecule has 1 fully saturated rings. The van der Waals surface area contributed by atoms with Crippen LogP contribution >= 0.6 is 11.8 Å². The highest BCUT2D eigenvalue weighted by Gasteiger charge is 2.23. The van der Waals surface area contributed by atoms with Crippen LogP contribution in [0.1, 0.15) is 45.9 Å². The van der Waals surface area contributed by atoms with Gasteiger partial charge in [-0.2, -0.15) is 5.10 Å². The Kier molecular flexibility index (Phi) is 13.3. The van der Waals surface area contributed by atoms with Gasteiger partial charge in [0.25, 0.3) is 0 Å². The molecule has 0 radical (unpaired) electrons. The number of anilines is 10. The number of pyridine rings is 2. The highest BCUT2D eigenvalue weighted by molar-refractivity contribution is 7.98. The molecular weight excluding hydrogens is 767 g/mol. The molecule has 2 aliphatic heterocycles. The molecule has 0 aliphatic carbocycles. The summed E-state index contributed by atoms with van der Waals surface area (Å²) in [6, 6.07) is 33.1. The normalized spacial score (nSPS) is 13.9. The fourth-order valence-electron chi connectivity index (χ4n) is 7.30. The molecule has 60 heavy (non-hydrogen) atoms. The Balaban J connectivity index is 0.000000181. The number of hydrogen-bond donors (Lipinski definition) is 4. The average molecular weight is 824 g/mol. The zero-order chi connectivity index (χ0) is 42.2. The minimum absolute atomic E-state index is 0.00577. The van der Waals surface area contributed by atoms with Crippen molar-refractivity contribution in [1.82, 2.24) is 24.6 Å². The summed E-state index contributed by atoms with van der Waals surface area (Å²) in [7, 11) is 1.94. The summed E-state index contributed by atoms with van der Waals surface area (Å²) in [5.41, 5.74) is 9.51. The number of nitrogens with zero attached hydrogens (tertiary/aromatic N) is 7. The largest absolute Gasteiger partial charge is 0.369 e. The van der Waals surface area contributed by atoms with Crippen molar-refractivity contribution in [1.29, 1.82) is 0 Å². The zero-order valence-corrected chi connectivity index (χ0v) is 36.6. The lowest BCUT2D eigenvalue weighted by atomic mass is 9.92. The van der Waals surface area contributed by atoms with Crippen molar-refractivity contribution in [3.8, 4) is 0 Å². The number of benzene rings is 3. The Hall–Kier alpha value is -6.05. The number of amides is 1. The molecular formula is C47H57N11OS. The number of thioether (sulfide) groups is 1. The van der Waals surface area contributed by atoms with Crippen LogP contribution < -0.4 is 31.1 Å². The third-order valence-electron chi connectivity index (χ3n) is 10.8. The summed E-state index contributed by atoms with van der Waals surface area (Å²) >= 11 is 1.74. The number of carbonyl (C=O) groups is 1. The van der Waals surface area contributed by atoms with Crippen LogP contribution in [0.5, 0.6) is 0 Å². The molecule has 3 aromatic carbocycles. The zero-order valence-electron chi connectivity index (χ0n) is 35.8. The highest BCUT2D eigenvalue weighted by atomic mass is 32.2. The number of aromatic nitrogens is 4. The third kappa shape index (κ3) is 10.8. The molecule has 4 N–H and O–H groups in total. The van der Waals surface area contributed by atoms with E-state index in [0.29, 0.717) is 0 Å². The first-order valence-corrected chi connectivity index (χ1v) is 21.8. The molecule has 1 amide bonds. The number of piperazine rings is 1.